The Bertz CT molecular complexity index is 833. The van der Waals surface area contributed by atoms with Gasteiger partial charge in [0.1, 0.15) is 19.0 Å². The second-order valence-electron chi connectivity index (χ2n) is 5.41. The summed E-state index contributed by atoms with van der Waals surface area (Å²) in [5, 5.41) is 0.919. The van der Waals surface area contributed by atoms with Gasteiger partial charge in [0.15, 0.2) is 11.6 Å². The number of aromatic amines is 1. The first-order valence-corrected chi connectivity index (χ1v) is 7.96. The molecule has 7 heteroatoms. The van der Waals surface area contributed by atoms with Crippen molar-refractivity contribution >= 4 is 10.9 Å². The first-order chi connectivity index (χ1) is 12.2. The highest BCUT2D eigenvalue weighted by Gasteiger charge is 2.10. The minimum atomic E-state index is -0.417. The van der Waals surface area contributed by atoms with Crippen LogP contribution in [0.2, 0.25) is 0 Å². The zero-order valence-corrected chi connectivity index (χ0v) is 13.9. The average Bonchev–Trinajstić information content (AvgIpc) is 3.01. The van der Waals surface area contributed by atoms with Gasteiger partial charge in [-0.1, -0.05) is 0 Å². The van der Waals surface area contributed by atoms with Crippen LogP contribution in [0.1, 0.15) is 5.56 Å². The second kappa shape index (κ2) is 7.85. The predicted octanol–water partition coefficient (Wildman–Crippen LogP) is 2.67. The quantitative estimate of drug-likeness (QED) is 0.613. The Morgan fingerprint density at radius 2 is 2.04 bits per heavy atom. The predicted molar refractivity (Wildman–Crippen MR) is 92.8 cm³/mol. The molecule has 2 aromatic heterocycles. The van der Waals surface area contributed by atoms with Crippen molar-refractivity contribution in [1.29, 1.82) is 0 Å². The number of halogens is 1. The number of hydrogen-bond donors (Lipinski definition) is 2. The standard InChI is InChI=1S/C18H20FN3O3/c1-23-18-3-2-13(11-22-18)24-6-7-25-17-8-14-12(4-5-20)10-21-16(14)9-15(17)19/h2-3,8-11,21H,4-7,20H2,1H3. The molecule has 2 heterocycles. The van der Waals surface area contributed by atoms with E-state index in [-0.39, 0.29) is 19.0 Å². The number of aromatic nitrogens is 2. The van der Waals surface area contributed by atoms with Gasteiger partial charge in [-0.2, -0.15) is 0 Å². The van der Waals surface area contributed by atoms with Gasteiger partial charge in [-0.25, -0.2) is 9.37 Å². The van der Waals surface area contributed by atoms with Crippen LogP contribution in [-0.2, 0) is 6.42 Å². The lowest BCUT2D eigenvalue weighted by Crippen LogP contribution is -2.10. The number of H-pyrrole nitrogens is 1. The van der Waals surface area contributed by atoms with E-state index in [4.69, 9.17) is 19.9 Å². The fourth-order valence-electron chi connectivity index (χ4n) is 2.54. The SMILES string of the molecule is COc1ccc(OCCOc2cc3c(CCN)c[nH]c3cc2F)cn1. The van der Waals surface area contributed by atoms with Crippen molar-refractivity contribution in [3.05, 3.63) is 48.0 Å². The highest BCUT2D eigenvalue weighted by atomic mass is 19.1. The molecule has 0 aliphatic carbocycles. The van der Waals surface area contributed by atoms with Gasteiger partial charge < -0.3 is 24.9 Å². The topological polar surface area (TPSA) is 82.4 Å². The summed E-state index contributed by atoms with van der Waals surface area (Å²) in [6, 6.07) is 6.58. The third-order valence-electron chi connectivity index (χ3n) is 3.76. The number of pyridine rings is 1. The van der Waals surface area contributed by atoms with Crippen LogP contribution >= 0.6 is 0 Å². The molecule has 0 aliphatic heterocycles. The van der Waals surface area contributed by atoms with E-state index in [0.29, 0.717) is 18.2 Å². The highest BCUT2D eigenvalue weighted by molar-refractivity contribution is 5.84. The van der Waals surface area contributed by atoms with Gasteiger partial charge in [0.2, 0.25) is 5.88 Å². The van der Waals surface area contributed by atoms with Crippen LogP contribution in [0.4, 0.5) is 4.39 Å². The summed E-state index contributed by atoms with van der Waals surface area (Å²) in [6.45, 7) is 1.02. The van der Waals surface area contributed by atoms with E-state index in [1.165, 1.54) is 6.07 Å². The largest absolute Gasteiger partial charge is 0.488 e. The molecular formula is C18H20FN3O3. The Balaban J connectivity index is 1.60. The number of nitrogens with two attached hydrogens (primary N) is 1. The molecule has 0 amide bonds. The number of nitrogens with zero attached hydrogens (tertiary/aromatic N) is 1. The minimum absolute atomic E-state index is 0.196. The van der Waals surface area contributed by atoms with Crippen LogP contribution in [0.15, 0.2) is 36.7 Å². The number of nitrogens with one attached hydrogen (secondary N) is 1. The van der Waals surface area contributed by atoms with Gasteiger partial charge in [-0.15, -0.1) is 0 Å². The third-order valence-corrected chi connectivity index (χ3v) is 3.76. The van der Waals surface area contributed by atoms with Crippen molar-refractivity contribution in [3.63, 3.8) is 0 Å². The van der Waals surface area contributed by atoms with Crippen LogP contribution in [-0.4, -0.2) is 36.8 Å². The average molecular weight is 345 g/mol. The Morgan fingerprint density at radius 3 is 2.76 bits per heavy atom. The molecule has 0 saturated carbocycles. The van der Waals surface area contributed by atoms with Crippen molar-refractivity contribution in [2.75, 3.05) is 26.9 Å². The fraction of sp³-hybridized carbons (Fsp3) is 0.278. The number of rotatable bonds is 8. The lowest BCUT2D eigenvalue weighted by molar-refractivity contribution is 0.211. The summed E-state index contributed by atoms with van der Waals surface area (Å²) >= 11 is 0. The molecule has 3 rings (SSSR count). The highest BCUT2D eigenvalue weighted by Crippen LogP contribution is 2.27. The van der Waals surface area contributed by atoms with E-state index >= 15 is 0 Å². The maximum atomic E-state index is 14.1. The van der Waals surface area contributed by atoms with E-state index in [9.17, 15) is 4.39 Å². The normalized spacial score (nSPS) is 10.8. The van der Waals surface area contributed by atoms with E-state index < -0.39 is 5.82 Å². The van der Waals surface area contributed by atoms with Crippen LogP contribution in [0.5, 0.6) is 17.4 Å². The summed E-state index contributed by atoms with van der Waals surface area (Å²) in [5.74, 6) is 0.886. The first-order valence-electron chi connectivity index (χ1n) is 7.96. The monoisotopic (exact) mass is 345 g/mol. The van der Waals surface area contributed by atoms with Crippen molar-refractivity contribution in [1.82, 2.24) is 9.97 Å². The molecule has 0 radical (unpaired) electrons. The van der Waals surface area contributed by atoms with Crippen molar-refractivity contribution in [2.24, 2.45) is 5.73 Å². The molecule has 0 unspecified atom stereocenters. The number of benzene rings is 1. The summed E-state index contributed by atoms with van der Waals surface area (Å²) < 4.78 is 30.1. The van der Waals surface area contributed by atoms with Crippen molar-refractivity contribution in [3.8, 4) is 17.4 Å². The van der Waals surface area contributed by atoms with Gasteiger partial charge in [0.05, 0.1) is 13.3 Å². The summed E-state index contributed by atoms with van der Waals surface area (Å²) in [7, 11) is 1.55. The molecule has 6 nitrogen and oxygen atoms in total. The Labute approximate surface area is 144 Å². The van der Waals surface area contributed by atoms with E-state index in [1.54, 1.807) is 31.5 Å². The van der Waals surface area contributed by atoms with Crippen LogP contribution in [0.25, 0.3) is 10.9 Å². The number of hydrogen-bond acceptors (Lipinski definition) is 5. The minimum Gasteiger partial charge on any atom is -0.488 e. The van der Waals surface area contributed by atoms with E-state index in [0.717, 1.165) is 22.9 Å². The van der Waals surface area contributed by atoms with Gasteiger partial charge in [-0.05, 0) is 30.7 Å². The molecule has 132 valence electrons. The van der Waals surface area contributed by atoms with Gasteiger partial charge >= 0.3 is 0 Å². The Kier molecular flexibility index (Phi) is 5.35. The van der Waals surface area contributed by atoms with Gasteiger partial charge in [0, 0.05) is 29.2 Å². The molecule has 0 atom stereocenters. The van der Waals surface area contributed by atoms with Crippen LogP contribution in [0, 0.1) is 5.82 Å². The van der Waals surface area contributed by atoms with Crippen LogP contribution in [0.3, 0.4) is 0 Å². The summed E-state index contributed by atoms with van der Waals surface area (Å²) in [6.07, 6.45) is 4.13. The molecule has 0 saturated heterocycles. The molecule has 0 spiro atoms. The lowest BCUT2D eigenvalue weighted by atomic mass is 10.1. The Morgan fingerprint density at radius 1 is 1.20 bits per heavy atom. The first kappa shape index (κ1) is 17.0. The number of methoxy groups -OCH3 is 1. The molecule has 0 bridgehead atoms. The molecular weight excluding hydrogens is 325 g/mol. The van der Waals surface area contributed by atoms with E-state index in [1.807, 2.05) is 6.20 Å². The van der Waals surface area contributed by atoms with Crippen molar-refractivity contribution in [2.45, 2.75) is 6.42 Å². The lowest BCUT2D eigenvalue weighted by Gasteiger charge is -2.10. The van der Waals surface area contributed by atoms with Gasteiger partial charge in [-0.3, -0.25) is 0 Å². The molecule has 1 aromatic carbocycles. The molecule has 3 aromatic rings. The Hall–Kier alpha value is -2.80. The van der Waals surface area contributed by atoms with E-state index in [2.05, 4.69) is 9.97 Å². The zero-order valence-electron chi connectivity index (χ0n) is 13.9. The molecule has 3 N–H and O–H groups in total. The number of ether oxygens (including phenoxy) is 3. The smallest absolute Gasteiger partial charge is 0.213 e. The second-order valence-corrected chi connectivity index (χ2v) is 5.41. The summed E-state index contributed by atoms with van der Waals surface area (Å²) in [4.78, 5) is 7.09. The fourth-order valence-corrected chi connectivity index (χ4v) is 2.54. The molecule has 0 fully saturated rings. The molecule has 25 heavy (non-hydrogen) atoms. The van der Waals surface area contributed by atoms with Crippen molar-refractivity contribution < 1.29 is 18.6 Å². The van der Waals surface area contributed by atoms with Gasteiger partial charge in [0.25, 0.3) is 0 Å². The zero-order chi connectivity index (χ0) is 17.6. The van der Waals surface area contributed by atoms with Crippen LogP contribution < -0.4 is 19.9 Å². The summed E-state index contributed by atoms with van der Waals surface area (Å²) in [5.41, 5.74) is 7.38. The number of fused-ring (bicyclic) bond motifs is 1. The maximum Gasteiger partial charge on any atom is 0.213 e. The third kappa shape index (κ3) is 4.00. The molecule has 0 aliphatic rings. The maximum absolute atomic E-state index is 14.1.